The van der Waals surface area contributed by atoms with Crippen LogP contribution in [0.5, 0.6) is 0 Å². The average molecular weight is 285 g/mol. The molecule has 5 heteroatoms. The summed E-state index contributed by atoms with van der Waals surface area (Å²) in [6.07, 6.45) is 3.44. The summed E-state index contributed by atoms with van der Waals surface area (Å²) in [7, 11) is 0. The summed E-state index contributed by atoms with van der Waals surface area (Å²) in [4.78, 5) is 0. The molecule has 0 amide bonds. The number of halogens is 1. The first-order valence-electron chi connectivity index (χ1n) is 6.03. The molecular weight excluding hydrogens is 268 g/mol. The van der Waals surface area contributed by atoms with Crippen LogP contribution >= 0.6 is 15.9 Å². The molecule has 3 heterocycles. The number of nitrogens with zero attached hydrogens (tertiary/aromatic N) is 2. The Labute approximate surface area is 104 Å². The predicted molar refractivity (Wildman–Crippen MR) is 66.5 cm³/mol. The van der Waals surface area contributed by atoms with E-state index in [1.54, 1.807) is 0 Å². The highest BCUT2D eigenvalue weighted by Gasteiger charge is 2.24. The van der Waals surface area contributed by atoms with Gasteiger partial charge in [0, 0.05) is 25.1 Å². The molecule has 2 aliphatic heterocycles. The van der Waals surface area contributed by atoms with Crippen molar-refractivity contribution in [2.75, 3.05) is 19.6 Å². The summed E-state index contributed by atoms with van der Waals surface area (Å²) in [5, 5.41) is 11.6. The Hall–Kier alpha value is -0.390. The summed E-state index contributed by atoms with van der Waals surface area (Å²) in [6, 6.07) is 0.571. The largest absolute Gasteiger partial charge is 0.317 e. The van der Waals surface area contributed by atoms with Gasteiger partial charge in [0.1, 0.15) is 4.60 Å². The molecule has 0 radical (unpaired) electrons. The summed E-state index contributed by atoms with van der Waals surface area (Å²) in [5.41, 5.74) is 2.65. The summed E-state index contributed by atoms with van der Waals surface area (Å²) in [5.74, 6) is 0. The standard InChI is InChI=1S/C11H17BrN4/c12-11-9-7-14-6-3-10(9)15-16(11)8-1-4-13-5-2-8/h8,13-14H,1-7H2. The minimum Gasteiger partial charge on any atom is -0.317 e. The van der Waals surface area contributed by atoms with Crippen molar-refractivity contribution in [3.05, 3.63) is 15.9 Å². The fourth-order valence-corrected chi connectivity index (χ4v) is 3.32. The molecular formula is C11H17BrN4. The first-order valence-corrected chi connectivity index (χ1v) is 6.83. The van der Waals surface area contributed by atoms with Crippen LogP contribution in [-0.2, 0) is 13.0 Å². The molecule has 2 aliphatic rings. The molecule has 0 saturated carbocycles. The lowest BCUT2D eigenvalue weighted by atomic mass is 10.1. The van der Waals surface area contributed by atoms with Crippen molar-refractivity contribution >= 4 is 15.9 Å². The number of hydrogen-bond donors (Lipinski definition) is 2. The molecule has 2 N–H and O–H groups in total. The third-order valence-electron chi connectivity index (χ3n) is 3.52. The van der Waals surface area contributed by atoms with Crippen molar-refractivity contribution in [1.82, 2.24) is 20.4 Å². The van der Waals surface area contributed by atoms with Crippen molar-refractivity contribution in [2.24, 2.45) is 0 Å². The number of piperidine rings is 1. The van der Waals surface area contributed by atoms with Gasteiger partial charge in [0.05, 0.1) is 11.7 Å². The van der Waals surface area contributed by atoms with Crippen molar-refractivity contribution in [1.29, 1.82) is 0 Å². The van der Waals surface area contributed by atoms with Gasteiger partial charge in [0.15, 0.2) is 0 Å². The summed E-state index contributed by atoms with van der Waals surface area (Å²) >= 11 is 3.71. The van der Waals surface area contributed by atoms with E-state index in [4.69, 9.17) is 5.10 Å². The topological polar surface area (TPSA) is 41.9 Å². The van der Waals surface area contributed by atoms with Gasteiger partial charge < -0.3 is 10.6 Å². The first-order chi connectivity index (χ1) is 7.86. The molecule has 1 aromatic heterocycles. The third-order valence-corrected chi connectivity index (χ3v) is 4.36. The first kappa shape index (κ1) is 10.7. The van der Waals surface area contributed by atoms with E-state index in [0.29, 0.717) is 6.04 Å². The van der Waals surface area contributed by atoms with Gasteiger partial charge in [0.2, 0.25) is 0 Å². The second-order valence-electron chi connectivity index (χ2n) is 4.57. The maximum atomic E-state index is 4.78. The average Bonchev–Trinajstić information content (AvgIpc) is 2.69. The third kappa shape index (κ3) is 1.81. The van der Waals surface area contributed by atoms with E-state index in [9.17, 15) is 0 Å². The second kappa shape index (κ2) is 4.47. The van der Waals surface area contributed by atoms with E-state index in [0.717, 1.165) is 32.6 Å². The number of aromatic nitrogens is 2. The van der Waals surface area contributed by atoms with E-state index in [-0.39, 0.29) is 0 Å². The SMILES string of the molecule is Brc1c2c(nn1C1CCNCC1)CCNC2. The number of rotatable bonds is 1. The van der Waals surface area contributed by atoms with Crippen LogP contribution in [-0.4, -0.2) is 29.4 Å². The van der Waals surface area contributed by atoms with Crippen molar-refractivity contribution in [3.8, 4) is 0 Å². The van der Waals surface area contributed by atoms with Gasteiger partial charge in [-0.1, -0.05) is 0 Å². The zero-order chi connectivity index (χ0) is 11.0. The van der Waals surface area contributed by atoms with E-state index in [2.05, 4.69) is 31.2 Å². The molecule has 0 aromatic carbocycles. The summed E-state index contributed by atoms with van der Waals surface area (Å²) < 4.78 is 3.40. The molecule has 1 aromatic rings. The van der Waals surface area contributed by atoms with E-state index < -0.39 is 0 Å². The highest BCUT2D eigenvalue weighted by Crippen LogP contribution is 2.29. The van der Waals surface area contributed by atoms with Crippen LogP contribution < -0.4 is 10.6 Å². The molecule has 0 bridgehead atoms. The lowest BCUT2D eigenvalue weighted by Gasteiger charge is -2.23. The van der Waals surface area contributed by atoms with Crippen molar-refractivity contribution < 1.29 is 0 Å². The zero-order valence-electron chi connectivity index (χ0n) is 9.30. The van der Waals surface area contributed by atoms with Crippen LogP contribution in [0.1, 0.15) is 30.1 Å². The van der Waals surface area contributed by atoms with Crippen LogP contribution in [0.15, 0.2) is 4.60 Å². The molecule has 0 spiro atoms. The monoisotopic (exact) mass is 284 g/mol. The molecule has 1 saturated heterocycles. The molecule has 0 atom stereocenters. The maximum Gasteiger partial charge on any atom is 0.109 e. The van der Waals surface area contributed by atoms with Gasteiger partial charge >= 0.3 is 0 Å². The Morgan fingerprint density at radius 3 is 2.75 bits per heavy atom. The van der Waals surface area contributed by atoms with Gasteiger partial charge in [-0.05, 0) is 41.9 Å². The van der Waals surface area contributed by atoms with Gasteiger partial charge in [0.25, 0.3) is 0 Å². The smallest absolute Gasteiger partial charge is 0.109 e. The van der Waals surface area contributed by atoms with E-state index in [1.165, 1.54) is 28.7 Å². The molecule has 0 unspecified atom stereocenters. The van der Waals surface area contributed by atoms with Crippen molar-refractivity contribution in [2.45, 2.75) is 31.8 Å². The lowest BCUT2D eigenvalue weighted by molar-refractivity contribution is 0.337. The quantitative estimate of drug-likeness (QED) is 0.815. The molecule has 16 heavy (non-hydrogen) atoms. The minimum absolute atomic E-state index is 0.571. The zero-order valence-corrected chi connectivity index (χ0v) is 10.9. The molecule has 0 aliphatic carbocycles. The minimum atomic E-state index is 0.571. The van der Waals surface area contributed by atoms with Crippen LogP contribution in [0, 0.1) is 0 Å². The van der Waals surface area contributed by atoms with E-state index >= 15 is 0 Å². The second-order valence-corrected chi connectivity index (χ2v) is 5.32. The highest BCUT2D eigenvalue weighted by molar-refractivity contribution is 9.10. The fourth-order valence-electron chi connectivity index (χ4n) is 2.58. The molecule has 3 rings (SSSR count). The molecule has 1 fully saturated rings. The van der Waals surface area contributed by atoms with Gasteiger partial charge in [-0.15, -0.1) is 0 Å². The molecule has 88 valence electrons. The normalized spacial score (nSPS) is 22.1. The Bertz CT molecular complexity index is 382. The number of hydrogen-bond acceptors (Lipinski definition) is 3. The maximum absolute atomic E-state index is 4.78. The Morgan fingerprint density at radius 2 is 2.00 bits per heavy atom. The van der Waals surface area contributed by atoms with Gasteiger partial charge in [-0.2, -0.15) is 5.10 Å². The van der Waals surface area contributed by atoms with Crippen LogP contribution in [0.25, 0.3) is 0 Å². The fraction of sp³-hybridized carbons (Fsp3) is 0.727. The Kier molecular flexibility index (Phi) is 3.00. The summed E-state index contributed by atoms with van der Waals surface area (Å²) in [6.45, 7) is 4.24. The predicted octanol–water partition coefficient (Wildman–Crippen LogP) is 1.22. The Balaban J connectivity index is 1.91. The van der Waals surface area contributed by atoms with Crippen molar-refractivity contribution in [3.63, 3.8) is 0 Å². The van der Waals surface area contributed by atoms with Crippen LogP contribution in [0.3, 0.4) is 0 Å². The number of nitrogens with one attached hydrogen (secondary N) is 2. The van der Waals surface area contributed by atoms with Gasteiger partial charge in [-0.3, -0.25) is 4.68 Å². The highest BCUT2D eigenvalue weighted by atomic mass is 79.9. The Morgan fingerprint density at radius 1 is 1.19 bits per heavy atom. The van der Waals surface area contributed by atoms with E-state index in [1.807, 2.05) is 0 Å². The van der Waals surface area contributed by atoms with Crippen LogP contribution in [0.4, 0.5) is 0 Å². The lowest BCUT2D eigenvalue weighted by Crippen LogP contribution is -2.30. The number of fused-ring (bicyclic) bond motifs is 1. The van der Waals surface area contributed by atoms with Crippen LogP contribution in [0.2, 0.25) is 0 Å². The van der Waals surface area contributed by atoms with Gasteiger partial charge in [-0.25, -0.2) is 0 Å². The molecule has 4 nitrogen and oxygen atoms in total.